The summed E-state index contributed by atoms with van der Waals surface area (Å²) in [5.74, 6) is 1.02. The van der Waals surface area contributed by atoms with Crippen molar-refractivity contribution in [3.8, 4) is 17.6 Å². The molecule has 1 heterocycles. The Morgan fingerprint density at radius 3 is 2.80 bits per heavy atom. The minimum Gasteiger partial charge on any atom is -0.456 e. The largest absolute Gasteiger partial charge is 0.456 e. The Balaban J connectivity index is 2.31. The van der Waals surface area contributed by atoms with E-state index in [9.17, 15) is 0 Å². The summed E-state index contributed by atoms with van der Waals surface area (Å²) in [5, 5.41) is 18.1. The molecule has 0 radical (unpaired) electrons. The summed E-state index contributed by atoms with van der Waals surface area (Å²) in [4.78, 5) is 3.85. The Bertz CT molecular complexity index is 665. The second kappa shape index (κ2) is 6.38. The molecule has 0 aliphatic heterocycles. The monoisotopic (exact) mass is 288 g/mol. The highest BCUT2D eigenvalue weighted by Crippen LogP contribution is 2.30. The molecule has 20 heavy (non-hydrogen) atoms. The van der Waals surface area contributed by atoms with Crippen molar-refractivity contribution in [2.24, 2.45) is 0 Å². The lowest BCUT2D eigenvalue weighted by atomic mass is 10.1. The predicted octanol–water partition coefficient (Wildman–Crippen LogP) is 3.24. The number of nitriles is 1. The van der Waals surface area contributed by atoms with Gasteiger partial charge in [-0.2, -0.15) is 5.26 Å². The van der Waals surface area contributed by atoms with E-state index in [1.54, 1.807) is 6.07 Å². The van der Waals surface area contributed by atoms with Crippen LogP contribution < -0.4 is 4.74 Å². The van der Waals surface area contributed by atoms with E-state index in [2.05, 4.69) is 4.98 Å². The number of hydrogen-bond donors (Lipinski definition) is 1. The molecule has 102 valence electrons. The van der Waals surface area contributed by atoms with Gasteiger partial charge in [0.25, 0.3) is 0 Å². The number of benzene rings is 1. The second-order valence-electron chi connectivity index (χ2n) is 4.26. The lowest BCUT2D eigenvalue weighted by Crippen LogP contribution is -1.95. The molecule has 1 N–H and O–H groups in total. The van der Waals surface area contributed by atoms with E-state index in [0.29, 0.717) is 17.9 Å². The van der Waals surface area contributed by atoms with Gasteiger partial charge in [-0.15, -0.1) is 0 Å². The third-order valence-electron chi connectivity index (χ3n) is 2.84. The highest BCUT2D eigenvalue weighted by molar-refractivity contribution is 6.30. The normalized spacial score (nSPS) is 10.1. The van der Waals surface area contributed by atoms with Crippen molar-refractivity contribution in [1.82, 2.24) is 4.98 Å². The maximum atomic E-state index is 9.08. The van der Waals surface area contributed by atoms with Crippen LogP contribution in [0.15, 0.2) is 30.5 Å². The van der Waals surface area contributed by atoms with Crippen molar-refractivity contribution in [2.45, 2.75) is 13.3 Å². The van der Waals surface area contributed by atoms with E-state index in [1.807, 2.05) is 31.2 Å². The van der Waals surface area contributed by atoms with Gasteiger partial charge in [0.05, 0.1) is 0 Å². The van der Waals surface area contributed by atoms with E-state index < -0.39 is 0 Å². The van der Waals surface area contributed by atoms with Crippen molar-refractivity contribution in [3.63, 3.8) is 0 Å². The Hall–Kier alpha value is -2.09. The lowest BCUT2D eigenvalue weighted by Gasteiger charge is -2.11. The third-order valence-corrected chi connectivity index (χ3v) is 3.12. The van der Waals surface area contributed by atoms with Crippen LogP contribution in [-0.2, 0) is 6.42 Å². The average Bonchev–Trinajstić information content (AvgIpc) is 2.42. The average molecular weight is 289 g/mol. The van der Waals surface area contributed by atoms with Crippen LogP contribution in [0, 0.1) is 18.3 Å². The summed E-state index contributed by atoms with van der Waals surface area (Å²) in [6, 6.07) is 9.23. The molecule has 0 atom stereocenters. The molecule has 1 aromatic carbocycles. The van der Waals surface area contributed by atoms with Crippen molar-refractivity contribution < 1.29 is 9.84 Å². The molecule has 0 spiro atoms. The summed E-state index contributed by atoms with van der Waals surface area (Å²) in [6.45, 7) is 2.02. The van der Waals surface area contributed by atoms with E-state index in [-0.39, 0.29) is 17.3 Å². The zero-order valence-corrected chi connectivity index (χ0v) is 11.7. The van der Waals surface area contributed by atoms with E-state index in [1.165, 1.54) is 6.20 Å². The number of rotatable bonds is 4. The number of nitrogens with zero attached hydrogens (tertiary/aromatic N) is 2. The molecule has 0 aliphatic rings. The van der Waals surface area contributed by atoms with Crippen LogP contribution in [0.4, 0.5) is 0 Å². The van der Waals surface area contributed by atoms with Crippen LogP contribution in [0.2, 0.25) is 5.15 Å². The molecule has 2 aromatic rings. The summed E-state index contributed by atoms with van der Waals surface area (Å²) < 4.78 is 5.74. The van der Waals surface area contributed by atoms with Gasteiger partial charge in [-0.3, -0.25) is 0 Å². The van der Waals surface area contributed by atoms with Gasteiger partial charge in [0, 0.05) is 18.9 Å². The van der Waals surface area contributed by atoms with Gasteiger partial charge in [-0.25, -0.2) is 4.98 Å². The first-order valence-corrected chi connectivity index (χ1v) is 6.46. The molecule has 0 fully saturated rings. The van der Waals surface area contributed by atoms with Crippen molar-refractivity contribution in [3.05, 3.63) is 52.3 Å². The zero-order chi connectivity index (χ0) is 14.5. The van der Waals surface area contributed by atoms with Crippen LogP contribution in [-0.4, -0.2) is 16.7 Å². The Kier molecular flexibility index (Phi) is 4.57. The Morgan fingerprint density at radius 1 is 1.35 bits per heavy atom. The molecule has 0 saturated carbocycles. The molecule has 0 aliphatic carbocycles. The second-order valence-corrected chi connectivity index (χ2v) is 4.62. The molecule has 0 unspecified atom stereocenters. The molecule has 4 nitrogen and oxygen atoms in total. The van der Waals surface area contributed by atoms with Crippen molar-refractivity contribution in [1.29, 1.82) is 5.26 Å². The Labute approximate surface area is 122 Å². The molecule has 2 rings (SSSR count). The minimum atomic E-state index is 0.109. The standard InChI is InChI=1S/C15H13ClN2O2/c1-10-8-11(5-7-19)2-3-13(10)20-14-4-6-18-15(16)12(14)9-17/h2-4,6,8,19H,5,7H2,1H3. The predicted molar refractivity (Wildman–Crippen MR) is 76.0 cm³/mol. The van der Waals surface area contributed by atoms with Crippen molar-refractivity contribution in [2.75, 3.05) is 6.61 Å². The summed E-state index contributed by atoms with van der Waals surface area (Å²) >= 11 is 5.86. The number of hydrogen-bond acceptors (Lipinski definition) is 4. The fraction of sp³-hybridized carbons (Fsp3) is 0.200. The van der Waals surface area contributed by atoms with Crippen LogP contribution in [0.25, 0.3) is 0 Å². The highest BCUT2D eigenvalue weighted by atomic mass is 35.5. The van der Waals surface area contributed by atoms with Crippen LogP contribution >= 0.6 is 11.6 Å². The fourth-order valence-corrected chi connectivity index (χ4v) is 2.03. The maximum absolute atomic E-state index is 9.08. The quantitative estimate of drug-likeness (QED) is 0.877. The lowest BCUT2D eigenvalue weighted by molar-refractivity contribution is 0.299. The third kappa shape index (κ3) is 3.08. The van der Waals surface area contributed by atoms with E-state index >= 15 is 0 Å². The first kappa shape index (κ1) is 14.3. The van der Waals surface area contributed by atoms with E-state index in [4.69, 9.17) is 26.7 Å². The number of halogens is 1. The first-order valence-electron chi connectivity index (χ1n) is 6.08. The number of aryl methyl sites for hydroxylation is 1. The number of aromatic nitrogens is 1. The molecule has 1 aromatic heterocycles. The molecule has 5 heteroatoms. The van der Waals surface area contributed by atoms with E-state index in [0.717, 1.165) is 11.1 Å². The zero-order valence-electron chi connectivity index (χ0n) is 10.9. The van der Waals surface area contributed by atoms with Gasteiger partial charge in [0.1, 0.15) is 23.1 Å². The number of ether oxygens (including phenoxy) is 1. The molecular formula is C15H13ClN2O2. The number of aliphatic hydroxyl groups excluding tert-OH is 1. The molecule has 0 amide bonds. The molecular weight excluding hydrogens is 276 g/mol. The van der Waals surface area contributed by atoms with Crippen LogP contribution in [0.5, 0.6) is 11.5 Å². The summed E-state index contributed by atoms with van der Waals surface area (Å²) in [5.41, 5.74) is 2.17. The Morgan fingerprint density at radius 2 is 2.15 bits per heavy atom. The van der Waals surface area contributed by atoms with Gasteiger partial charge in [0.2, 0.25) is 0 Å². The summed E-state index contributed by atoms with van der Waals surface area (Å²) in [6.07, 6.45) is 2.10. The smallest absolute Gasteiger partial charge is 0.150 e. The van der Waals surface area contributed by atoms with Crippen LogP contribution in [0.1, 0.15) is 16.7 Å². The van der Waals surface area contributed by atoms with Gasteiger partial charge in [0.15, 0.2) is 5.15 Å². The van der Waals surface area contributed by atoms with Crippen molar-refractivity contribution >= 4 is 11.6 Å². The van der Waals surface area contributed by atoms with Gasteiger partial charge >= 0.3 is 0 Å². The topological polar surface area (TPSA) is 66.1 Å². The SMILES string of the molecule is Cc1cc(CCO)ccc1Oc1ccnc(Cl)c1C#N. The summed E-state index contributed by atoms with van der Waals surface area (Å²) in [7, 11) is 0. The maximum Gasteiger partial charge on any atom is 0.150 e. The van der Waals surface area contributed by atoms with Gasteiger partial charge in [-0.05, 0) is 30.5 Å². The molecule has 0 bridgehead atoms. The van der Waals surface area contributed by atoms with Gasteiger partial charge in [-0.1, -0.05) is 23.7 Å². The first-order chi connectivity index (χ1) is 9.65. The number of pyridine rings is 1. The molecule has 0 saturated heterocycles. The van der Waals surface area contributed by atoms with Gasteiger partial charge < -0.3 is 9.84 Å². The highest BCUT2D eigenvalue weighted by Gasteiger charge is 2.11. The minimum absolute atomic E-state index is 0.109. The fourth-order valence-electron chi connectivity index (χ4n) is 1.84. The van der Waals surface area contributed by atoms with Crippen LogP contribution in [0.3, 0.4) is 0 Å². The number of aliphatic hydroxyl groups is 1.